The molecule has 1 aromatic heterocycles. The number of hydrogen-bond donors (Lipinski definition) is 2. The molecule has 0 saturated heterocycles. The van der Waals surface area contributed by atoms with Gasteiger partial charge in [-0.2, -0.15) is 0 Å². The van der Waals surface area contributed by atoms with Crippen molar-refractivity contribution >= 4 is 29.7 Å². The molecule has 1 amide bonds. The van der Waals surface area contributed by atoms with E-state index in [1.54, 1.807) is 18.2 Å². The topological polar surface area (TPSA) is 118 Å². The molecule has 1 aromatic carbocycles. The third-order valence-electron chi connectivity index (χ3n) is 2.63. The van der Waals surface area contributed by atoms with Crippen LogP contribution in [0.5, 0.6) is 0 Å². The number of carbonyl (C=O) groups is 1. The van der Waals surface area contributed by atoms with Crippen molar-refractivity contribution in [3.8, 4) is 0 Å². The summed E-state index contributed by atoms with van der Waals surface area (Å²) in [6, 6.07) is 9.04. The SMILES string of the molecule is CC(=O)Nc1nc(/C=C/c2ccccc2)c([N+](=O)[O-])c(=O)[nH]1. The fourth-order valence-electron chi connectivity index (χ4n) is 1.74. The molecule has 0 unspecified atom stereocenters. The van der Waals surface area contributed by atoms with Gasteiger partial charge in [-0.3, -0.25) is 30.0 Å². The van der Waals surface area contributed by atoms with Gasteiger partial charge in [-0.1, -0.05) is 36.4 Å². The summed E-state index contributed by atoms with van der Waals surface area (Å²) in [5.41, 5.74) is -0.959. The lowest BCUT2D eigenvalue weighted by molar-refractivity contribution is -0.386. The van der Waals surface area contributed by atoms with Gasteiger partial charge in [0.1, 0.15) is 0 Å². The lowest BCUT2D eigenvalue weighted by Crippen LogP contribution is -2.19. The molecule has 0 spiro atoms. The number of hydrogen-bond acceptors (Lipinski definition) is 5. The second-order valence-electron chi connectivity index (χ2n) is 4.33. The number of aromatic amines is 1. The summed E-state index contributed by atoms with van der Waals surface area (Å²) in [5.74, 6) is -0.592. The van der Waals surface area contributed by atoms with Crippen molar-refractivity contribution in [1.29, 1.82) is 0 Å². The zero-order chi connectivity index (χ0) is 16.1. The van der Waals surface area contributed by atoms with E-state index in [1.165, 1.54) is 13.0 Å². The van der Waals surface area contributed by atoms with Crippen molar-refractivity contribution in [3.05, 3.63) is 62.1 Å². The number of anilines is 1. The van der Waals surface area contributed by atoms with Crippen molar-refractivity contribution in [2.45, 2.75) is 6.92 Å². The average Bonchev–Trinajstić information content (AvgIpc) is 2.44. The first-order valence-corrected chi connectivity index (χ1v) is 6.27. The van der Waals surface area contributed by atoms with Crippen LogP contribution in [-0.4, -0.2) is 20.8 Å². The van der Waals surface area contributed by atoms with Crippen LogP contribution >= 0.6 is 0 Å². The molecule has 1 heterocycles. The van der Waals surface area contributed by atoms with Gasteiger partial charge in [-0.05, 0) is 11.6 Å². The minimum atomic E-state index is -0.934. The number of nitro groups is 1. The third-order valence-corrected chi connectivity index (χ3v) is 2.63. The Morgan fingerprint density at radius 2 is 2.00 bits per heavy atom. The quantitative estimate of drug-likeness (QED) is 0.659. The van der Waals surface area contributed by atoms with Crippen LogP contribution in [0.3, 0.4) is 0 Å². The van der Waals surface area contributed by atoms with Crippen LogP contribution in [-0.2, 0) is 4.79 Å². The molecule has 0 radical (unpaired) electrons. The monoisotopic (exact) mass is 300 g/mol. The van der Waals surface area contributed by atoms with E-state index >= 15 is 0 Å². The number of amides is 1. The molecule has 8 nitrogen and oxygen atoms in total. The molecule has 2 N–H and O–H groups in total. The van der Waals surface area contributed by atoms with Gasteiger partial charge in [0, 0.05) is 6.92 Å². The van der Waals surface area contributed by atoms with E-state index in [0.717, 1.165) is 5.56 Å². The number of carbonyl (C=O) groups excluding carboxylic acids is 1. The minimum absolute atomic E-state index is 0.138. The Balaban J connectivity index is 2.49. The maximum absolute atomic E-state index is 11.8. The van der Waals surface area contributed by atoms with E-state index in [2.05, 4.69) is 15.3 Å². The Morgan fingerprint density at radius 1 is 1.32 bits per heavy atom. The number of nitrogens with zero attached hydrogens (tertiary/aromatic N) is 2. The summed E-state index contributed by atoms with van der Waals surface area (Å²) < 4.78 is 0. The van der Waals surface area contributed by atoms with Gasteiger partial charge in [-0.25, -0.2) is 4.98 Å². The van der Waals surface area contributed by atoms with Crippen LogP contribution in [0, 0.1) is 10.1 Å². The predicted molar refractivity (Wildman–Crippen MR) is 81.2 cm³/mol. The largest absolute Gasteiger partial charge is 0.359 e. The summed E-state index contributed by atoms with van der Waals surface area (Å²) in [6.45, 7) is 1.24. The number of nitrogens with one attached hydrogen (secondary N) is 2. The molecule has 2 rings (SSSR count). The summed E-state index contributed by atoms with van der Waals surface area (Å²) in [6.07, 6.45) is 2.94. The standard InChI is InChI=1S/C14H12N4O4/c1-9(19)15-14-16-11(12(18(21)22)13(20)17-14)8-7-10-5-3-2-4-6-10/h2-8H,1H3,(H2,15,16,17,19,20)/b8-7+. The molecule has 0 saturated carbocycles. The Hall–Kier alpha value is -3.29. The van der Waals surface area contributed by atoms with Gasteiger partial charge in [0.05, 0.1) is 4.92 Å². The van der Waals surface area contributed by atoms with Gasteiger partial charge in [0.15, 0.2) is 5.69 Å². The fourth-order valence-corrected chi connectivity index (χ4v) is 1.74. The molecule has 2 aromatic rings. The van der Waals surface area contributed by atoms with Crippen molar-refractivity contribution in [3.63, 3.8) is 0 Å². The maximum atomic E-state index is 11.8. The molecule has 0 atom stereocenters. The molecule has 22 heavy (non-hydrogen) atoms. The first-order valence-electron chi connectivity index (χ1n) is 6.27. The van der Waals surface area contributed by atoms with E-state index in [9.17, 15) is 19.7 Å². The molecule has 0 bridgehead atoms. The van der Waals surface area contributed by atoms with Gasteiger partial charge in [-0.15, -0.1) is 0 Å². The number of benzene rings is 1. The van der Waals surface area contributed by atoms with Gasteiger partial charge >= 0.3 is 11.2 Å². The number of aromatic nitrogens is 2. The first kappa shape index (κ1) is 15.1. The smallest absolute Gasteiger partial charge is 0.296 e. The summed E-state index contributed by atoms with van der Waals surface area (Å²) in [7, 11) is 0. The Bertz CT molecular complexity index is 796. The molecule has 8 heteroatoms. The molecular formula is C14H12N4O4. The van der Waals surface area contributed by atoms with Gasteiger partial charge < -0.3 is 0 Å². The summed E-state index contributed by atoms with van der Waals surface area (Å²) >= 11 is 0. The lowest BCUT2D eigenvalue weighted by atomic mass is 10.2. The minimum Gasteiger partial charge on any atom is -0.296 e. The van der Waals surface area contributed by atoms with Crippen LogP contribution in [0.25, 0.3) is 12.2 Å². The highest BCUT2D eigenvalue weighted by Gasteiger charge is 2.20. The Kier molecular flexibility index (Phi) is 4.42. The zero-order valence-corrected chi connectivity index (χ0v) is 11.6. The average molecular weight is 300 g/mol. The molecule has 112 valence electrons. The van der Waals surface area contributed by atoms with Crippen LogP contribution in [0.1, 0.15) is 18.2 Å². The first-order chi connectivity index (χ1) is 10.5. The van der Waals surface area contributed by atoms with E-state index in [0.29, 0.717) is 0 Å². The molecule has 0 fully saturated rings. The van der Waals surface area contributed by atoms with Crippen LogP contribution in [0.2, 0.25) is 0 Å². The van der Waals surface area contributed by atoms with Crippen LogP contribution in [0.15, 0.2) is 35.1 Å². The van der Waals surface area contributed by atoms with Crippen LogP contribution in [0.4, 0.5) is 11.6 Å². The number of rotatable bonds is 4. The van der Waals surface area contributed by atoms with Crippen molar-refractivity contribution in [1.82, 2.24) is 9.97 Å². The Morgan fingerprint density at radius 3 is 2.59 bits per heavy atom. The molecule has 0 aliphatic rings. The molecule has 0 aliphatic carbocycles. The van der Waals surface area contributed by atoms with E-state index in [-0.39, 0.29) is 11.6 Å². The highest BCUT2D eigenvalue weighted by atomic mass is 16.6. The Labute approximate surface area is 124 Å². The highest BCUT2D eigenvalue weighted by Crippen LogP contribution is 2.15. The summed E-state index contributed by atoms with van der Waals surface area (Å²) in [5, 5.41) is 13.3. The normalized spacial score (nSPS) is 10.6. The van der Waals surface area contributed by atoms with Crippen LogP contribution < -0.4 is 10.9 Å². The second-order valence-corrected chi connectivity index (χ2v) is 4.33. The van der Waals surface area contributed by atoms with Crippen molar-refractivity contribution in [2.24, 2.45) is 0 Å². The second kappa shape index (κ2) is 6.44. The maximum Gasteiger partial charge on any atom is 0.359 e. The predicted octanol–water partition coefficient (Wildman–Crippen LogP) is 1.81. The van der Waals surface area contributed by atoms with Gasteiger partial charge in [0.25, 0.3) is 0 Å². The third kappa shape index (κ3) is 3.63. The van der Waals surface area contributed by atoms with E-state index < -0.39 is 22.1 Å². The number of H-pyrrole nitrogens is 1. The van der Waals surface area contributed by atoms with Crippen molar-refractivity contribution in [2.75, 3.05) is 5.32 Å². The van der Waals surface area contributed by atoms with Crippen molar-refractivity contribution < 1.29 is 9.72 Å². The zero-order valence-electron chi connectivity index (χ0n) is 11.6. The molecule has 0 aliphatic heterocycles. The fraction of sp³-hybridized carbons (Fsp3) is 0.0714. The van der Waals surface area contributed by atoms with E-state index in [1.807, 2.05) is 18.2 Å². The van der Waals surface area contributed by atoms with E-state index in [4.69, 9.17) is 0 Å². The highest BCUT2D eigenvalue weighted by molar-refractivity contribution is 5.87. The molecular weight excluding hydrogens is 288 g/mol. The lowest BCUT2D eigenvalue weighted by Gasteiger charge is -2.02. The van der Waals surface area contributed by atoms with Gasteiger partial charge in [0.2, 0.25) is 11.9 Å². The summed E-state index contributed by atoms with van der Waals surface area (Å²) in [4.78, 5) is 39.0.